The van der Waals surface area contributed by atoms with Crippen LogP contribution in [-0.2, 0) is 21.3 Å². The number of aliphatic imine (C=N–C) groups is 1. The van der Waals surface area contributed by atoms with Gasteiger partial charge in [0.2, 0.25) is 10.0 Å². The van der Waals surface area contributed by atoms with Gasteiger partial charge in [-0.15, -0.1) is 0 Å². The molecular weight excluding hydrogens is 328 g/mol. The van der Waals surface area contributed by atoms with Crippen LogP contribution in [0.4, 0.5) is 0 Å². The van der Waals surface area contributed by atoms with Crippen LogP contribution in [0.25, 0.3) is 0 Å². The summed E-state index contributed by atoms with van der Waals surface area (Å²) in [5.74, 6) is 0.701. The average Bonchev–Trinajstić information content (AvgIpc) is 2.53. The molecule has 0 aliphatic rings. The highest BCUT2D eigenvalue weighted by Gasteiger charge is 2.16. The Bertz CT molecular complexity index is 627. The number of hydrogen-bond acceptors (Lipinski definition) is 4. The van der Waals surface area contributed by atoms with Gasteiger partial charge in [0.1, 0.15) is 0 Å². The van der Waals surface area contributed by atoms with Crippen molar-refractivity contribution in [3.63, 3.8) is 0 Å². The number of sulfonamides is 1. The van der Waals surface area contributed by atoms with Crippen LogP contribution in [-0.4, -0.2) is 59.1 Å². The highest BCUT2D eigenvalue weighted by Crippen LogP contribution is 2.14. The Labute approximate surface area is 145 Å². The lowest BCUT2D eigenvalue weighted by atomic mass is 10.2. The SMILES string of the molecule is CCNC(=NCc1ccc(S(=O)(=O)N(C)C)cc1)NC(C)COC. The summed E-state index contributed by atoms with van der Waals surface area (Å²) >= 11 is 0. The highest BCUT2D eigenvalue weighted by molar-refractivity contribution is 7.89. The Morgan fingerprint density at radius 1 is 1.29 bits per heavy atom. The van der Waals surface area contributed by atoms with E-state index >= 15 is 0 Å². The van der Waals surface area contributed by atoms with Crippen molar-refractivity contribution in [2.24, 2.45) is 4.99 Å². The van der Waals surface area contributed by atoms with Crippen molar-refractivity contribution >= 4 is 16.0 Å². The van der Waals surface area contributed by atoms with Crippen molar-refractivity contribution in [2.45, 2.75) is 31.3 Å². The summed E-state index contributed by atoms with van der Waals surface area (Å²) < 4.78 is 30.4. The summed E-state index contributed by atoms with van der Waals surface area (Å²) in [5, 5.41) is 6.42. The van der Waals surface area contributed by atoms with Gasteiger partial charge >= 0.3 is 0 Å². The summed E-state index contributed by atoms with van der Waals surface area (Å²) in [5.41, 5.74) is 0.935. The summed E-state index contributed by atoms with van der Waals surface area (Å²) in [6, 6.07) is 6.91. The van der Waals surface area contributed by atoms with Gasteiger partial charge in [0.15, 0.2) is 5.96 Å². The van der Waals surface area contributed by atoms with Gasteiger partial charge in [-0.2, -0.15) is 0 Å². The highest BCUT2D eigenvalue weighted by atomic mass is 32.2. The van der Waals surface area contributed by atoms with Crippen molar-refractivity contribution in [1.29, 1.82) is 0 Å². The van der Waals surface area contributed by atoms with E-state index in [4.69, 9.17) is 4.74 Å². The summed E-state index contributed by atoms with van der Waals surface area (Å²) in [7, 11) is 1.30. The zero-order valence-corrected chi connectivity index (χ0v) is 15.9. The molecule has 2 N–H and O–H groups in total. The monoisotopic (exact) mass is 356 g/mol. The van der Waals surface area contributed by atoms with E-state index in [1.807, 2.05) is 13.8 Å². The van der Waals surface area contributed by atoms with Gasteiger partial charge in [-0.1, -0.05) is 12.1 Å². The van der Waals surface area contributed by atoms with Crippen LogP contribution >= 0.6 is 0 Å². The van der Waals surface area contributed by atoms with Crippen LogP contribution in [0.15, 0.2) is 34.2 Å². The summed E-state index contributed by atoms with van der Waals surface area (Å²) in [6.07, 6.45) is 0. The van der Waals surface area contributed by atoms with Crippen LogP contribution in [0, 0.1) is 0 Å². The predicted molar refractivity (Wildman–Crippen MR) is 96.6 cm³/mol. The van der Waals surface area contributed by atoms with E-state index in [0.717, 1.165) is 12.1 Å². The van der Waals surface area contributed by atoms with Gasteiger partial charge in [0.25, 0.3) is 0 Å². The molecule has 0 amide bonds. The molecule has 0 saturated carbocycles. The fourth-order valence-electron chi connectivity index (χ4n) is 1.99. The Kier molecular flexibility index (Phi) is 8.17. The van der Waals surface area contributed by atoms with Crippen LogP contribution in [0.2, 0.25) is 0 Å². The van der Waals surface area contributed by atoms with Crippen molar-refractivity contribution < 1.29 is 13.2 Å². The number of rotatable bonds is 8. The molecule has 1 aromatic carbocycles. The molecule has 0 radical (unpaired) electrons. The minimum atomic E-state index is -3.40. The molecule has 0 fully saturated rings. The Morgan fingerprint density at radius 3 is 2.42 bits per heavy atom. The minimum absolute atomic E-state index is 0.139. The van der Waals surface area contributed by atoms with E-state index in [-0.39, 0.29) is 10.9 Å². The topological polar surface area (TPSA) is 83.0 Å². The maximum atomic E-state index is 12.0. The molecule has 24 heavy (non-hydrogen) atoms. The van der Waals surface area contributed by atoms with E-state index in [1.165, 1.54) is 18.4 Å². The van der Waals surface area contributed by atoms with Gasteiger partial charge in [0.05, 0.1) is 18.0 Å². The molecule has 1 atom stereocenters. The predicted octanol–water partition coefficient (Wildman–Crippen LogP) is 1.03. The molecule has 1 aromatic rings. The molecule has 0 aliphatic heterocycles. The lowest BCUT2D eigenvalue weighted by Crippen LogP contribution is -2.43. The Morgan fingerprint density at radius 2 is 1.92 bits per heavy atom. The Hall–Kier alpha value is -1.64. The van der Waals surface area contributed by atoms with Gasteiger partial charge in [-0.3, -0.25) is 0 Å². The third kappa shape index (κ3) is 6.10. The number of hydrogen-bond donors (Lipinski definition) is 2. The summed E-state index contributed by atoms with van der Waals surface area (Å²) in [4.78, 5) is 4.79. The number of nitrogens with zero attached hydrogens (tertiary/aromatic N) is 2. The first kappa shape index (κ1) is 20.4. The van der Waals surface area contributed by atoms with E-state index in [2.05, 4.69) is 15.6 Å². The van der Waals surface area contributed by atoms with E-state index in [0.29, 0.717) is 19.1 Å². The molecule has 8 heteroatoms. The first-order valence-electron chi connectivity index (χ1n) is 7.86. The molecule has 0 spiro atoms. The first-order valence-corrected chi connectivity index (χ1v) is 9.30. The standard InChI is InChI=1S/C16H28N4O3S/c1-6-17-16(19-13(2)12-23-5)18-11-14-7-9-15(10-8-14)24(21,22)20(3)4/h7-10,13H,6,11-12H2,1-5H3,(H2,17,18,19). The van der Waals surface area contributed by atoms with Gasteiger partial charge in [0, 0.05) is 33.8 Å². The van der Waals surface area contributed by atoms with E-state index in [1.54, 1.807) is 31.4 Å². The quantitative estimate of drug-likeness (QED) is 0.537. The normalized spacial score (nSPS) is 13.8. The zero-order chi connectivity index (χ0) is 18.2. The molecule has 136 valence electrons. The first-order chi connectivity index (χ1) is 11.3. The third-order valence-electron chi connectivity index (χ3n) is 3.27. The number of guanidine groups is 1. The molecule has 0 bridgehead atoms. The maximum Gasteiger partial charge on any atom is 0.242 e. The second-order valence-electron chi connectivity index (χ2n) is 5.63. The van der Waals surface area contributed by atoms with Crippen LogP contribution in [0.1, 0.15) is 19.4 Å². The summed E-state index contributed by atoms with van der Waals surface area (Å²) in [6.45, 7) is 5.81. The number of benzene rings is 1. The molecule has 0 aliphatic carbocycles. The molecule has 1 unspecified atom stereocenters. The van der Waals surface area contributed by atoms with E-state index < -0.39 is 10.0 Å². The molecule has 0 heterocycles. The third-order valence-corrected chi connectivity index (χ3v) is 5.09. The molecule has 0 saturated heterocycles. The van der Waals surface area contributed by atoms with Crippen molar-refractivity contribution in [3.8, 4) is 0 Å². The number of methoxy groups -OCH3 is 1. The Balaban J connectivity index is 2.80. The lowest BCUT2D eigenvalue weighted by Gasteiger charge is -2.17. The van der Waals surface area contributed by atoms with Crippen LogP contribution in [0.5, 0.6) is 0 Å². The molecule has 1 rings (SSSR count). The van der Waals surface area contributed by atoms with E-state index in [9.17, 15) is 8.42 Å². The smallest absolute Gasteiger partial charge is 0.242 e. The van der Waals surface area contributed by atoms with Crippen LogP contribution < -0.4 is 10.6 Å². The van der Waals surface area contributed by atoms with Gasteiger partial charge in [-0.25, -0.2) is 17.7 Å². The molecular formula is C16H28N4O3S. The molecule has 0 aromatic heterocycles. The van der Waals surface area contributed by atoms with Crippen molar-refractivity contribution in [3.05, 3.63) is 29.8 Å². The van der Waals surface area contributed by atoms with Gasteiger partial charge < -0.3 is 15.4 Å². The fourth-order valence-corrected chi connectivity index (χ4v) is 2.89. The largest absolute Gasteiger partial charge is 0.383 e. The van der Waals surface area contributed by atoms with Crippen LogP contribution in [0.3, 0.4) is 0 Å². The van der Waals surface area contributed by atoms with Crippen molar-refractivity contribution in [2.75, 3.05) is 34.4 Å². The number of ether oxygens (including phenoxy) is 1. The maximum absolute atomic E-state index is 12.0. The minimum Gasteiger partial charge on any atom is -0.383 e. The average molecular weight is 356 g/mol. The van der Waals surface area contributed by atoms with Gasteiger partial charge in [-0.05, 0) is 31.5 Å². The molecule has 7 nitrogen and oxygen atoms in total. The zero-order valence-electron chi connectivity index (χ0n) is 15.0. The second-order valence-corrected chi connectivity index (χ2v) is 7.78. The van der Waals surface area contributed by atoms with Crippen molar-refractivity contribution in [1.82, 2.24) is 14.9 Å². The number of nitrogens with one attached hydrogen (secondary N) is 2. The lowest BCUT2D eigenvalue weighted by molar-refractivity contribution is 0.179. The second kappa shape index (κ2) is 9.61. The fraction of sp³-hybridized carbons (Fsp3) is 0.562.